The lowest BCUT2D eigenvalue weighted by atomic mass is 10.00. The van der Waals surface area contributed by atoms with E-state index in [1.165, 1.54) is 0 Å². The number of allylic oxidation sites excluding steroid dienone is 1. The van der Waals surface area contributed by atoms with E-state index in [1.807, 2.05) is 0 Å². The molecule has 0 aliphatic carbocycles. The Kier molecular flexibility index (Phi) is 12.4. The number of rotatable bonds is 15. The number of primary amides is 1. The predicted octanol–water partition coefficient (Wildman–Crippen LogP) is 2.10. The molecule has 0 rings (SSSR count). The number of nitrogens with two attached hydrogens (primary N) is 1. The van der Waals surface area contributed by atoms with Gasteiger partial charge in [-0.05, 0) is 32.6 Å². The number of carbonyl (C=O) groups excluding carboxylic acids is 1. The fourth-order valence-corrected chi connectivity index (χ4v) is 6.27. The van der Waals surface area contributed by atoms with Crippen LogP contribution in [0.25, 0.3) is 0 Å². The van der Waals surface area contributed by atoms with Gasteiger partial charge in [-0.2, -0.15) is 0 Å². The van der Waals surface area contributed by atoms with E-state index >= 15 is 0 Å². The minimum Gasteiger partial charge on any atom is -0.377 e. The Balaban J connectivity index is 4.91. The molecule has 0 heterocycles. The average molecular weight is 410 g/mol. The Morgan fingerprint density at radius 3 is 1.27 bits per heavy atom. The van der Waals surface area contributed by atoms with Crippen LogP contribution in [0.5, 0.6) is 0 Å². The number of hydrogen-bond donors (Lipinski definition) is 1. The Labute approximate surface area is 159 Å². The first-order chi connectivity index (χ1) is 12.3. The van der Waals surface area contributed by atoms with E-state index in [0.29, 0.717) is 17.7 Å². The summed E-state index contributed by atoms with van der Waals surface area (Å²) in [5.74, 6) is -0.400. The summed E-state index contributed by atoms with van der Waals surface area (Å²) in [5, 5.41) is 0. The number of carbonyl (C=O) groups is 1. The van der Waals surface area contributed by atoms with Gasteiger partial charge < -0.3 is 32.3 Å². The van der Waals surface area contributed by atoms with Gasteiger partial charge in [0.15, 0.2) is 0 Å². The third-order valence-corrected chi connectivity index (χ3v) is 10.4. The molecule has 0 aromatic carbocycles. The monoisotopic (exact) mass is 409 g/mol. The largest absolute Gasteiger partial charge is 0.500 e. The molecular formula is C16H35NO7Si2. The summed E-state index contributed by atoms with van der Waals surface area (Å²) in [4.78, 5) is 11.6. The van der Waals surface area contributed by atoms with Crippen LogP contribution in [0.3, 0.4) is 0 Å². The van der Waals surface area contributed by atoms with E-state index in [1.54, 1.807) is 49.6 Å². The fraction of sp³-hybridized carbons (Fsp3) is 0.812. The summed E-state index contributed by atoms with van der Waals surface area (Å²) in [7, 11) is 4.32. The van der Waals surface area contributed by atoms with Crippen molar-refractivity contribution in [1.82, 2.24) is 0 Å². The Morgan fingerprint density at radius 1 is 0.731 bits per heavy atom. The highest BCUT2D eigenvalue weighted by Crippen LogP contribution is 2.25. The molecular weight excluding hydrogens is 374 g/mol. The zero-order valence-corrected chi connectivity index (χ0v) is 19.2. The molecule has 0 saturated heterocycles. The van der Waals surface area contributed by atoms with Crippen LogP contribution in [0.15, 0.2) is 11.1 Å². The van der Waals surface area contributed by atoms with Crippen molar-refractivity contribution >= 4 is 23.5 Å². The molecule has 26 heavy (non-hydrogen) atoms. The van der Waals surface area contributed by atoms with Crippen LogP contribution in [-0.4, -0.2) is 66.2 Å². The fourth-order valence-electron chi connectivity index (χ4n) is 2.82. The average Bonchev–Trinajstić information content (AvgIpc) is 2.67. The molecule has 154 valence electrons. The molecule has 8 nitrogen and oxygen atoms in total. The highest BCUT2D eigenvalue weighted by molar-refractivity contribution is 6.60. The maximum atomic E-state index is 11.6. The molecule has 1 amide bonds. The van der Waals surface area contributed by atoms with E-state index in [-0.39, 0.29) is 0 Å². The first-order valence-electron chi connectivity index (χ1n) is 8.58. The topological polar surface area (TPSA) is 98.5 Å². The van der Waals surface area contributed by atoms with Gasteiger partial charge in [0.2, 0.25) is 5.91 Å². The quantitative estimate of drug-likeness (QED) is 0.327. The number of hydrogen-bond acceptors (Lipinski definition) is 7. The molecule has 0 bridgehead atoms. The first kappa shape index (κ1) is 25.4. The third-order valence-electron chi connectivity index (χ3n) is 4.69. The lowest BCUT2D eigenvalue weighted by Crippen LogP contribution is -2.42. The van der Waals surface area contributed by atoms with Gasteiger partial charge in [-0.25, -0.2) is 0 Å². The molecule has 0 aliphatic rings. The van der Waals surface area contributed by atoms with Gasteiger partial charge in [-0.15, -0.1) is 0 Å². The molecule has 0 unspecified atom stereocenters. The molecule has 0 radical (unpaired) electrons. The van der Waals surface area contributed by atoms with Crippen LogP contribution in [0.1, 0.15) is 32.6 Å². The van der Waals surface area contributed by atoms with Gasteiger partial charge in [0.25, 0.3) is 0 Å². The second-order valence-electron chi connectivity index (χ2n) is 5.89. The lowest BCUT2D eigenvalue weighted by Gasteiger charge is -2.25. The third kappa shape index (κ3) is 7.57. The molecule has 2 N–H and O–H groups in total. The van der Waals surface area contributed by atoms with Crippen molar-refractivity contribution < 1.29 is 31.4 Å². The summed E-state index contributed by atoms with van der Waals surface area (Å²) in [6.07, 6.45) is 3.01. The van der Waals surface area contributed by atoms with Gasteiger partial charge in [0.05, 0.1) is 0 Å². The molecule has 0 spiro atoms. The Bertz CT molecular complexity index is 407. The minimum atomic E-state index is -2.62. The Morgan fingerprint density at radius 2 is 1.04 bits per heavy atom. The molecule has 0 atom stereocenters. The van der Waals surface area contributed by atoms with E-state index in [9.17, 15) is 4.79 Å². The summed E-state index contributed by atoms with van der Waals surface area (Å²) in [6, 6.07) is 1.33. The van der Waals surface area contributed by atoms with Crippen LogP contribution in [-0.2, 0) is 31.4 Å². The van der Waals surface area contributed by atoms with Crippen LogP contribution >= 0.6 is 0 Å². The van der Waals surface area contributed by atoms with Gasteiger partial charge in [0.1, 0.15) is 0 Å². The highest BCUT2D eigenvalue weighted by Gasteiger charge is 2.38. The van der Waals surface area contributed by atoms with Crippen molar-refractivity contribution in [3.8, 4) is 0 Å². The highest BCUT2D eigenvalue weighted by atomic mass is 28.4. The second-order valence-corrected chi connectivity index (χ2v) is 12.1. The predicted molar refractivity (Wildman–Crippen MR) is 104 cm³/mol. The van der Waals surface area contributed by atoms with Crippen molar-refractivity contribution in [3.05, 3.63) is 11.1 Å². The molecule has 0 fully saturated rings. The summed E-state index contributed by atoms with van der Waals surface area (Å²) in [5.41, 5.74) is 7.11. The van der Waals surface area contributed by atoms with Crippen molar-refractivity contribution in [2.45, 2.75) is 44.7 Å². The standard InChI is InChI=1S/C16H35NO7Si2/c1-14(16(17)18)15(10-8-12-25(19-2,20-3)21-4)11-9-13-26(22-5,23-6)24-7/h8-13H2,1-7H3,(H2,17,18). The van der Waals surface area contributed by atoms with Crippen molar-refractivity contribution in [1.29, 1.82) is 0 Å². The second kappa shape index (κ2) is 12.7. The van der Waals surface area contributed by atoms with Crippen LogP contribution in [0.4, 0.5) is 0 Å². The maximum absolute atomic E-state index is 11.6. The van der Waals surface area contributed by atoms with Gasteiger partial charge in [-0.1, -0.05) is 5.57 Å². The van der Waals surface area contributed by atoms with Crippen LogP contribution in [0, 0.1) is 0 Å². The van der Waals surface area contributed by atoms with E-state index < -0.39 is 23.5 Å². The SMILES string of the molecule is CO[Si](CCCC(CCC[Si](OC)(OC)OC)=C(C)C(N)=O)(OC)OC. The van der Waals surface area contributed by atoms with Crippen molar-refractivity contribution in [2.75, 3.05) is 42.7 Å². The normalized spacial score (nSPS) is 12.3. The smallest absolute Gasteiger partial charge is 0.377 e. The van der Waals surface area contributed by atoms with Gasteiger partial charge in [-0.3, -0.25) is 4.79 Å². The summed E-state index contributed by atoms with van der Waals surface area (Å²) in [6.45, 7) is 1.76. The van der Waals surface area contributed by atoms with Crippen molar-refractivity contribution in [3.63, 3.8) is 0 Å². The molecule has 0 aliphatic heterocycles. The molecule has 0 aromatic heterocycles. The zero-order chi connectivity index (χ0) is 20.2. The van der Waals surface area contributed by atoms with E-state index in [4.69, 9.17) is 32.3 Å². The van der Waals surface area contributed by atoms with Crippen LogP contribution < -0.4 is 5.73 Å². The van der Waals surface area contributed by atoms with E-state index in [0.717, 1.165) is 31.3 Å². The van der Waals surface area contributed by atoms with E-state index in [2.05, 4.69) is 0 Å². The Hall–Kier alpha value is -0.596. The molecule has 10 heteroatoms. The molecule has 0 aromatic rings. The van der Waals surface area contributed by atoms with Crippen LogP contribution in [0.2, 0.25) is 12.1 Å². The summed E-state index contributed by atoms with van der Waals surface area (Å²) >= 11 is 0. The van der Waals surface area contributed by atoms with Gasteiger partial charge in [0, 0.05) is 60.3 Å². The minimum absolute atomic E-state index is 0.400. The maximum Gasteiger partial charge on any atom is 0.500 e. The van der Waals surface area contributed by atoms with Crippen molar-refractivity contribution in [2.24, 2.45) is 5.73 Å². The zero-order valence-electron chi connectivity index (χ0n) is 17.2. The molecule has 0 saturated carbocycles. The summed E-state index contributed by atoms with van der Waals surface area (Å²) < 4.78 is 32.6. The lowest BCUT2D eigenvalue weighted by molar-refractivity contribution is -0.114. The van der Waals surface area contributed by atoms with Gasteiger partial charge >= 0.3 is 17.6 Å². The first-order valence-corrected chi connectivity index (χ1v) is 12.4. The number of amides is 1.